The fraction of sp³-hybridized carbons (Fsp3) is 0.333. The highest BCUT2D eigenvalue weighted by atomic mass is 79.9. The Bertz CT molecular complexity index is 1190. The van der Waals surface area contributed by atoms with E-state index >= 15 is 0 Å². The van der Waals surface area contributed by atoms with E-state index in [1.165, 1.54) is 19.2 Å². The number of nitrogens with one attached hydrogen (secondary N) is 1. The molecule has 3 rings (SSSR count). The zero-order valence-corrected chi connectivity index (χ0v) is 19.9. The minimum Gasteiger partial charge on any atom is -0.455 e. The summed E-state index contributed by atoms with van der Waals surface area (Å²) in [5.41, 5.74) is 0.566. The first-order chi connectivity index (χ1) is 14.5. The summed E-state index contributed by atoms with van der Waals surface area (Å²) in [6.07, 6.45) is 2.81. The average molecular weight is 511 g/mol. The van der Waals surface area contributed by atoms with E-state index in [-0.39, 0.29) is 11.7 Å². The van der Waals surface area contributed by atoms with Gasteiger partial charge in [-0.2, -0.15) is 5.10 Å². The van der Waals surface area contributed by atoms with Crippen molar-refractivity contribution in [3.63, 3.8) is 0 Å². The molecule has 8 nitrogen and oxygen atoms in total. The number of alkyl halides is 1. The number of carbonyl (C=O) groups excluding carboxylic acids is 1. The number of aromatic amines is 1. The summed E-state index contributed by atoms with van der Waals surface area (Å²) in [5, 5.41) is 7.78. The molecule has 1 N–H and O–H groups in total. The number of halogens is 1. The third kappa shape index (κ3) is 5.08. The maximum atomic E-state index is 12.5. The maximum Gasteiger partial charge on any atom is 0.315 e. The molecule has 0 aliphatic heterocycles. The van der Waals surface area contributed by atoms with Gasteiger partial charge in [0, 0.05) is 18.8 Å². The van der Waals surface area contributed by atoms with Gasteiger partial charge >= 0.3 is 5.97 Å². The number of carbonyl (C=O) groups is 1. The highest BCUT2D eigenvalue weighted by Gasteiger charge is 2.38. The molecular weight excluding hydrogens is 488 g/mol. The normalized spacial score (nSPS) is 13.2. The highest BCUT2D eigenvalue weighted by molar-refractivity contribution is 9.09. The molecule has 0 spiro atoms. The molecule has 0 fully saturated rings. The third-order valence-electron chi connectivity index (χ3n) is 4.77. The van der Waals surface area contributed by atoms with Gasteiger partial charge in [-0.25, -0.2) is 8.42 Å². The van der Waals surface area contributed by atoms with Crippen molar-refractivity contribution in [2.45, 2.75) is 23.6 Å². The Kier molecular flexibility index (Phi) is 6.73. The second kappa shape index (κ2) is 8.97. The van der Waals surface area contributed by atoms with Gasteiger partial charge in [0.1, 0.15) is 11.3 Å². The predicted molar refractivity (Wildman–Crippen MR) is 119 cm³/mol. The van der Waals surface area contributed by atoms with Gasteiger partial charge < -0.3 is 14.2 Å². The fourth-order valence-corrected chi connectivity index (χ4v) is 4.06. The maximum absolute atomic E-state index is 12.5. The lowest BCUT2D eigenvalue weighted by Gasteiger charge is -2.28. The van der Waals surface area contributed by atoms with Crippen LogP contribution >= 0.6 is 15.9 Å². The van der Waals surface area contributed by atoms with Crippen molar-refractivity contribution in [3.05, 3.63) is 48.2 Å². The van der Waals surface area contributed by atoms with Gasteiger partial charge in [0.15, 0.2) is 22.4 Å². The van der Waals surface area contributed by atoms with Gasteiger partial charge in [0.05, 0.1) is 21.3 Å². The Balaban J connectivity index is 1.95. The lowest BCUT2D eigenvalue weighted by molar-refractivity contribution is -0.164. The molecule has 0 aliphatic rings. The topological polar surface area (TPSA) is 108 Å². The first kappa shape index (κ1) is 23.2. The fourth-order valence-electron chi connectivity index (χ4n) is 2.97. The number of nitrogens with zero attached hydrogens (tertiary/aromatic N) is 1. The molecule has 1 atom stereocenters. The summed E-state index contributed by atoms with van der Waals surface area (Å²) in [6.45, 7) is 3.42. The Labute approximate surface area is 188 Å². The Morgan fingerprint density at radius 3 is 2.52 bits per heavy atom. The van der Waals surface area contributed by atoms with Crippen LogP contribution in [-0.2, 0) is 24.1 Å². The number of esters is 1. The standard InChI is InChI=1S/C21H23BrN2O6S/c1-21(2,20(25)29-12-28-3)19(22)13-9-14-11-23-24-18(14)17(10-13)30-15-5-7-16(8-6-15)31(4,26)27/h5-11,19H,12H2,1-4H3,(H,23,24). The minimum atomic E-state index is -3.30. The molecule has 0 aliphatic carbocycles. The van der Waals surface area contributed by atoms with Gasteiger partial charge in [-0.3, -0.25) is 9.89 Å². The third-order valence-corrected chi connectivity index (χ3v) is 7.58. The molecule has 1 aromatic heterocycles. The molecule has 0 saturated heterocycles. The van der Waals surface area contributed by atoms with E-state index in [0.29, 0.717) is 17.0 Å². The number of ether oxygens (including phenoxy) is 3. The zero-order chi connectivity index (χ0) is 22.8. The molecule has 0 amide bonds. The quantitative estimate of drug-likeness (QED) is 0.272. The average Bonchev–Trinajstić information content (AvgIpc) is 3.20. The first-order valence-electron chi connectivity index (χ1n) is 9.29. The van der Waals surface area contributed by atoms with E-state index in [1.54, 1.807) is 38.2 Å². The van der Waals surface area contributed by atoms with Crippen molar-refractivity contribution in [1.82, 2.24) is 10.2 Å². The van der Waals surface area contributed by atoms with Crippen LogP contribution in [0, 0.1) is 5.41 Å². The zero-order valence-electron chi connectivity index (χ0n) is 17.5. The molecule has 0 bridgehead atoms. The van der Waals surface area contributed by atoms with Crippen molar-refractivity contribution < 1.29 is 27.4 Å². The number of aromatic nitrogens is 2. The summed E-state index contributed by atoms with van der Waals surface area (Å²) in [5.74, 6) is 0.537. The molecule has 2 aromatic carbocycles. The summed E-state index contributed by atoms with van der Waals surface area (Å²) < 4.78 is 39.3. The van der Waals surface area contributed by atoms with E-state index in [9.17, 15) is 13.2 Å². The SMILES string of the molecule is COCOC(=O)C(C)(C)C(Br)c1cc(Oc2ccc(S(C)(=O)=O)cc2)c2[nH]ncc2c1. The van der Waals surface area contributed by atoms with E-state index in [2.05, 4.69) is 26.1 Å². The van der Waals surface area contributed by atoms with Gasteiger partial charge in [-0.05, 0) is 55.8 Å². The van der Waals surface area contributed by atoms with Crippen molar-refractivity contribution in [2.24, 2.45) is 5.41 Å². The number of H-pyrrole nitrogens is 1. The van der Waals surface area contributed by atoms with Crippen molar-refractivity contribution in [1.29, 1.82) is 0 Å². The molecule has 31 heavy (non-hydrogen) atoms. The molecular formula is C21H23BrN2O6S. The van der Waals surface area contributed by atoms with Gasteiger partial charge in [0.25, 0.3) is 0 Å². The van der Waals surface area contributed by atoms with E-state index < -0.39 is 26.0 Å². The van der Waals surface area contributed by atoms with Crippen LogP contribution in [0.3, 0.4) is 0 Å². The van der Waals surface area contributed by atoms with Crippen LogP contribution in [0.5, 0.6) is 11.5 Å². The monoisotopic (exact) mass is 510 g/mol. The summed E-state index contributed by atoms with van der Waals surface area (Å²) in [4.78, 5) is 12.3. The number of rotatable bonds is 8. The van der Waals surface area contributed by atoms with E-state index in [1.807, 2.05) is 6.07 Å². The smallest absolute Gasteiger partial charge is 0.315 e. The Morgan fingerprint density at radius 1 is 1.23 bits per heavy atom. The summed E-state index contributed by atoms with van der Waals surface area (Å²) in [6, 6.07) is 9.85. The number of hydrogen-bond acceptors (Lipinski definition) is 7. The predicted octanol–water partition coefficient (Wildman–Crippen LogP) is 4.37. The highest BCUT2D eigenvalue weighted by Crippen LogP contribution is 2.44. The van der Waals surface area contributed by atoms with Crippen LogP contribution in [0.2, 0.25) is 0 Å². The summed E-state index contributed by atoms with van der Waals surface area (Å²) >= 11 is 3.63. The number of hydrogen-bond donors (Lipinski definition) is 1. The van der Waals surface area contributed by atoms with Crippen molar-refractivity contribution in [3.8, 4) is 11.5 Å². The lowest BCUT2D eigenvalue weighted by Crippen LogP contribution is -2.31. The number of benzene rings is 2. The van der Waals surface area contributed by atoms with Gasteiger partial charge in [0.2, 0.25) is 0 Å². The summed E-state index contributed by atoms with van der Waals surface area (Å²) in [7, 11) is -1.85. The largest absolute Gasteiger partial charge is 0.455 e. The van der Waals surface area contributed by atoms with Gasteiger partial charge in [-0.1, -0.05) is 15.9 Å². The van der Waals surface area contributed by atoms with Crippen LogP contribution in [-0.4, -0.2) is 44.7 Å². The van der Waals surface area contributed by atoms with Gasteiger partial charge in [-0.15, -0.1) is 0 Å². The molecule has 0 saturated carbocycles. The van der Waals surface area contributed by atoms with Crippen LogP contribution in [0.4, 0.5) is 0 Å². The van der Waals surface area contributed by atoms with Crippen LogP contribution in [0.1, 0.15) is 24.2 Å². The number of fused-ring (bicyclic) bond motifs is 1. The molecule has 1 heterocycles. The molecule has 3 aromatic rings. The van der Waals surface area contributed by atoms with Crippen molar-refractivity contribution >= 4 is 42.6 Å². The molecule has 166 valence electrons. The second-order valence-electron chi connectivity index (χ2n) is 7.62. The first-order valence-corrected chi connectivity index (χ1v) is 12.1. The number of sulfone groups is 1. The Morgan fingerprint density at radius 2 is 1.90 bits per heavy atom. The second-order valence-corrected chi connectivity index (χ2v) is 10.6. The Hall–Kier alpha value is -2.43. The van der Waals surface area contributed by atoms with Crippen molar-refractivity contribution in [2.75, 3.05) is 20.2 Å². The van der Waals surface area contributed by atoms with Crippen LogP contribution in [0.25, 0.3) is 10.9 Å². The lowest BCUT2D eigenvalue weighted by atomic mass is 9.85. The van der Waals surface area contributed by atoms with Crippen LogP contribution < -0.4 is 4.74 Å². The molecule has 0 radical (unpaired) electrons. The van der Waals surface area contributed by atoms with Crippen LogP contribution in [0.15, 0.2) is 47.5 Å². The minimum absolute atomic E-state index is 0.124. The number of methoxy groups -OCH3 is 1. The van der Waals surface area contributed by atoms with E-state index in [4.69, 9.17) is 14.2 Å². The molecule has 1 unspecified atom stereocenters. The molecule has 10 heteroatoms. The van der Waals surface area contributed by atoms with E-state index in [0.717, 1.165) is 17.2 Å².